The SMILES string of the molecule is Cc1nc2c(cc(-c3nc(-c4ccc5c(cnn5C)c4)nn3C)n2C)c(-c2cc(F)c3c(c2C)CCCO3)c1[C@H](OC(C)(C)C)C(=O)O. The third-order valence-corrected chi connectivity index (χ3v) is 9.06. The van der Waals surface area contributed by atoms with Gasteiger partial charge in [0.1, 0.15) is 5.65 Å². The van der Waals surface area contributed by atoms with E-state index in [1.54, 1.807) is 11.6 Å². The Hall–Kier alpha value is -5.10. The Kier molecular flexibility index (Phi) is 7.39. The first-order valence-corrected chi connectivity index (χ1v) is 15.9. The van der Waals surface area contributed by atoms with Gasteiger partial charge in [0.25, 0.3) is 0 Å². The maximum Gasteiger partial charge on any atom is 0.337 e. The fraction of sp³-hybridized carbons (Fsp3) is 0.361. The number of aryl methyl sites for hydroxylation is 4. The number of rotatable bonds is 6. The molecule has 1 atom stereocenters. The Bertz CT molecular complexity index is 2270. The average Bonchev–Trinajstić information content (AvgIpc) is 3.71. The minimum atomic E-state index is -1.36. The topological polar surface area (TPSA) is 122 Å². The molecule has 0 fully saturated rings. The third kappa shape index (κ3) is 5.11. The summed E-state index contributed by atoms with van der Waals surface area (Å²) in [4.78, 5) is 22.8. The number of hydrogen-bond donors (Lipinski definition) is 1. The number of aromatic nitrogens is 7. The van der Waals surface area contributed by atoms with Crippen molar-refractivity contribution < 1.29 is 23.8 Å². The molecule has 0 aliphatic carbocycles. The van der Waals surface area contributed by atoms with E-state index in [1.165, 1.54) is 6.07 Å². The molecule has 0 saturated heterocycles. The van der Waals surface area contributed by atoms with Crippen molar-refractivity contribution in [2.45, 2.75) is 59.2 Å². The lowest BCUT2D eigenvalue weighted by Crippen LogP contribution is -2.28. The second-order valence-corrected chi connectivity index (χ2v) is 13.5. The van der Waals surface area contributed by atoms with Gasteiger partial charge in [-0.25, -0.2) is 23.8 Å². The Labute approximate surface area is 276 Å². The van der Waals surface area contributed by atoms with Gasteiger partial charge in [0.2, 0.25) is 0 Å². The summed E-state index contributed by atoms with van der Waals surface area (Å²) in [5.74, 6) is -0.247. The third-order valence-electron chi connectivity index (χ3n) is 9.06. The highest BCUT2D eigenvalue weighted by molar-refractivity contribution is 6.01. The van der Waals surface area contributed by atoms with Crippen LogP contribution in [0.1, 0.15) is 55.7 Å². The number of hydrogen-bond acceptors (Lipinski definition) is 7. The highest BCUT2D eigenvalue weighted by atomic mass is 19.1. The molecule has 248 valence electrons. The molecule has 0 spiro atoms. The van der Waals surface area contributed by atoms with Crippen LogP contribution in [0, 0.1) is 19.7 Å². The summed E-state index contributed by atoms with van der Waals surface area (Å²) in [6, 6.07) is 9.36. The number of ether oxygens (including phenoxy) is 2. The smallest absolute Gasteiger partial charge is 0.337 e. The van der Waals surface area contributed by atoms with Crippen LogP contribution < -0.4 is 4.74 Å². The lowest BCUT2D eigenvalue weighted by atomic mass is 9.86. The van der Waals surface area contributed by atoms with Crippen LogP contribution in [0.25, 0.3) is 56.0 Å². The van der Waals surface area contributed by atoms with Crippen molar-refractivity contribution in [3.8, 4) is 39.8 Å². The monoisotopic (exact) mass is 651 g/mol. The van der Waals surface area contributed by atoms with E-state index in [-0.39, 0.29) is 5.75 Å². The van der Waals surface area contributed by atoms with Gasteiger partial charge in [0.05, 0.1) is 29.6 Å². The molecule has 2 aromatic carbocycles. The molecular weight excluding hydrogens is 613 g/mol. The largest absolute Gasteiger partial charge is 0.490 e. The van der Waals surface area contributed by atoms with Crippen molar-refractivity contribution in [3.63, 3.8) is 0 Å². The number of carboxylic acid groups (broad SMARTS) is 1. The summed E-state index contributed by atoms with van der Waals surface area (Å²) < 4.78 is 33.2. The zero-order valence-corrected chi connectivity index (χ0v) is 28.3. The van der Waals surface area contributed by atoms with E-state index in [1.807, 2.05) is 88.5 Å². The van der Waals surface area contributed by atoms with E-state index in [9.17, 15) is 9.90 Å². The fourth-order valence-electron chi connectivity index (χ4n) is 6.82. The number of nitrogens with zero attached hydrogens (tertiary/aromatic N) is 7. The second kappa shape index (κ2) is 11.3. The summed E-state index contributed by atoms with van der Waals surface area (Å²) in [6.45, 7) is 9.59. The van der Waals surface area contributed by atoms with Crippen LogP contribution in [0.4, 0.5) is 4.39 Å². The molecule has 48 heavy (non-hydrogen) atoms. The molecule has 0 bridgehead atoms. The summed E-state index contributed by atoms with van der Waals surface area (Å²) >= 11 is 0. The van der Waals surface area contributed by atoms with E-state index in [0.717, 1.165) is 34.0 Å². The molecule has 0 saturated carbocycles. The standard InChI is InChI=1S/C36H38FN7O4/c1-18-22-10-9-13-47-30(22)25(37)15-23(18)29-24-16-27(42(6)33(24)39-19(2)28(29)31(35(45)46)48-36(3,4)5)34-40-32(41-44(34)8)20-11-12-26-21(14-20)17-38-43(26)7/h11-12,14-17,31H,9-10,13H2,1-8H3,(H,45,46)/t31-/m0/s1. The summed E-state index contributed by atoms with van der Waals surface area (Å²) in [5.41, 5.74) is 5.97. The van der Waals surface area contributed by atoms with Crippen LogP contribution >= 0.6 is 0 Å². The first kappa shape index (κ1) is 31.5. The van der Waals surface area contributed by atoms with E-state index in [4.69, 9.17) is 24.5 Å². The van der Waals surface area contributed by atoms with Gasteiger partial charge in [-0.2, -0.15) is 10.2 Å². The van der Waals surface area contributed by atoms with E-state index < -0.39 is 23.5 Å². The van der Waals surface area contributed by atoms with Gasteiger partial charge in [0.15, 0.2) is 29.3 Å². The van der Waals surface area contributed by atoms with Crippen LogP contribution in [-0.4, -0.2) is 57.4 Å². The molecule has 0 unspecified atom stereocenters. The molecule has 1 aliphatic heterocycles. The number of pyridine rings is 1. The molecule has 11 nitrogen and oxygen atoms in total. The zero-order chi connectivity index (χ0) is 34.2. The summed E-state index contributed by atoms with van der Waals surface area (Å²) in [5, 5.41) is 21.3. The summed E-state index contributed by atoms with van der Waals surface area (Å²) in [7, 11) is 5.62. The minimum absolute atomic E-state index is 0.261. The molecule has 0 amide bonds. The molecule has 7 rings (SSSR count). The van der Waals surface area contributed by atoms with Gasteiger partial charge in [-0.05, 0) is 88.9 Å². The predicted octanol–water partition coefficient (Wildman–Crippen LogP) is 6.61. The molecule has 0 radical (unpaired) electrons. The maximum absolute atomic E-state index is 15.8. The fourth-order valence-corrected chi connectivity index (χ4v) is 6.82. The van der Waals surface area contributed by atoms with Gasteiger partial charge in [-0.15, -0.1) is 0 Å². The Morgan fingerprint density at radius 2 is 1.85 bits per heavy atom. The minimum Gasteiger partial charge on any atom is -0.490 e. The number of benzene rings is 2. The normalized spacial score (nSPS) is 14.0. The van der Waals surface area contributed by atoms with Gasteiger partial charge in [-0.1, -0.05) is 0 Å². The van der Waals surface area contributed by atoms with Crippen molar-refractivity contribution in [1.82, 2.24) is 34.1 Å². The van der Waals surface area contributed by atoms with Crippen LogP contribution in [-0.2, 0) is 37.1 Å². The van der Waals surface area contributed by atoms with Gasteiger partial charge in [0, 0.05) is 59.9 Å². The van der Waals surface area contributed by atoms with Crippen molar-refractivity contribution >= 4 is 27.9 Å². The first-order chi connectivity index (χ1) is 22.7. The van der Waals surface area contributed by atoms with E-state index >= 15 is 4.39 Å². The number of carbonyl (C=O) groups is 1. The van der Waals surface area contributed by atoms with Gasteiger partial charge in [-0.3, -0.25) is 4.68 Å². The average molecular weight is 652 g/mol. The molecule has 1 aliphatic rings. The van der Waals surface area contributed by atoms with Gasteiger partial charge >= 0.3 is 5.97 Å². The highest BCUT2D eigenvalue weighted by Crippen LogP contribution is 2.45. The number of fused-ring (bicyclic) bond motifs is 3. The van der Waals surface area contributed by atoms with Crippen molar-refractivity contribution in [2.24, 2.45) is 21.1 Å². The number of aliphatic carboxylic acids is 1. The zero-order valence-electron chi connectivity index (χ0n) is 28.3. The highest BCUT2D eigenvalue weighted by Gasteiger charge is 2.35. The van der Waals surface area contributed by atoms with Crippen molar-refractivity contribution in [3.05, 3.63) is 64.7 Å². The second-order valence-electron chi connectivity index (χ2n) is 13.5. The van der Waals surface area contributed by atoms with Crippen LogP contribution in [0.15, 0.2) is 36.5 Å². The summed E-state index contributed by atoms with van der Waals surface area (Å²) in [6.07, 6.45) is 1.86. The Morgan fingerprint density at radius 3 is 2.58 bits per heavy atom. The molecular formula is C36H38FN7O4. The van der Waals surface area contributed by atoms with Crippen molar-refractivity contribution in [1.29, 1.82) is 0 Å². The molecule has 12 heteroatoms. The molecule has 6 aromatic rings. The van der Waals surface area contributed by atoms with E-state index in [0.29, 0.717) is 63.8 Å². The molecule has 1 N–H and O–H groups in total. The van der Waals surface area contributed by atoms with Gasteiger partial charge < -0.3 is 19.1 Å². The van der Waals surface area contributed by atoms with Crippen LogP contribution in [0.3, 0.4) is 0 Å². The predicted molar refractivity (Wildman–Crippen MR) is 180 cm³/mol. The number of halogens is 1. The lowest BCUT2D eigenvalue weighted by Gasteiger charge is -2.29. The molecule has 5 heterocycles. The first-order valence-electron chi connectivity index (χ1n) is 15.9. The van der Waals surface area contributed by atoms with Crippen LogP contribution in [0.2, 0.25) is 0 Å². The van der Waals surface area contributed by atoms with Crippen molar-refractivity contribution in [2.75, 3.05) is 6.61 Å². The lowest BCUT2D eigenvalue weighted by molar-refractivity contribution is -0.160. The Morgan fingerprint density at radius 1 is 1.08 bits per heavy atom. The quantitative estimate of drug-likeness (QED) is 0.214. The number of carboxylic acids is 1. The van der Waals surface area contributed by atoms with Crippen LogP contribution in [0.5, 0.6) is 5.75 Å². The molecule has 4 aromatic heterocycles. The Balaban J connectivity index is 1.49. The van der Waals surface area contributed by atoms with E-state index in [2.05, 4.69) is 5.10 Å². The maximum atomic E-state index is 15.8.